The van der Waals surface area contributed by atoms with E-state index in [9.17, 15) is 14.7 Å². The van der Waals surface area contributed by atoms with Crippen molar-refractivity contribution in [3.63, 3.8) is 0 Å². The Balaban J connectivity index is 3.27. The molecule has 0 saturated carbocycles. The van der Waals surface area contributed by atoms with Gasteiger partial charge in [-0.3, -0.25) is 9.59 Å². The molecule has 0 aliphatic carbocycles. The maximum atomic E-state index is 12.2. The number of aliphatic carboxylic acids is 1. The zero-order valence-electron chi connectivity index (χ0n) is 12.9. The molecule has 1 rings (SSSR count). The highest BCUT2D eigenvalue weighted by atomic mass is 16.5. The van der Waals surface area contributed by atoms with Gasteiger partial charge in [0.15, 0.2) is 5.41 Å². The predicted molar refractivity (Wildman–Crippen MR) is 78.4 cm³/mol. The highest BCUT2D eigenvalue weighted by Crippen LogP contribution is 2.33. The Morgan fingerprint density at radius 3 is 2.43 bits per heavy atom. The summed E-state index contributed by atoms with van der Waals surface area (Å²) in [6.45, 7) is 5.39. The standard InChI is InChI=1S/C16H22O5/c1-5-16(14(17)18,15(19)21-6-2)10-12-9-11(3)7-8-13(12)20-4/h7-9H,5-6,10H2,1-4H3,(H,17,18). The van der Waals surface area contributed by atoms with E-state index in [1.165, 1.54) is 7.11 Å². The molecule has 0 saturated heterocycles. The van der Waals surface area contributed by atoms with E-state index in [2.05, 4.69) is 0 Å². The van der Waals surface area contributed by atoms with E-state index in [0.717, 1.165) is 5.56 Å². The molecule has 21 heavy (non-hydrogen) atoms. The number of esters is 1. The fourth-order valence-electron chi connectivity index (χ4n) is 2.30. The van der Waals surface area contributed by atoms with Gasteiger partial charge in [-0.1, -0.05) is 24.6 Å². The summed E-state index contributed by atoms with van der Waals surface area (Å²) in [4.78, 5) is 23.9. The largest absolute Gasteiger partial charge is 0.496 e. The molecule has 1 atom stereocenters. The number of ether oxygens (including phenoxy) is 2. The third-order valence-corrected chi connectivity index (χ3v) is 3.61. The molecule has 0 spiro atoms. The molecule has 0 heterocycles. The third kappa shape index (κ3) is 3.54. The summed E-state index contributed by atoms with van der Waals surface area (Å²) in [5.74, 6) is -1.31. The van der Waals surface area contributed by atoms with Crippen LogP contribution in [0.5, 0.6) is 5.75 Å². The highest BCUT2D eigenvalue weighted by Gasteiger charge is 2.46. The number of benzene rings is 1. The lowest BCUT2D eigenvalue weighted by molar-refractivity contribution is -0.168. The summed E-state index contributed by atoms with van der Waals surface area (Å²) in [7, 11) is 1.52. The summed E-state index contributed by atoms with van der Waals surface area (Å²) in [6.07, 6.45) is 0.195. The van der Waals surface area contributed by atoms with E-state index in [4.69, 9.17) is 9.47 Å². The van der Waals surface area contributed by atoms with Crippen LogP contribution in [0.2, 0.25) is 0 Å². The van der Waals surface area contributed by atoms with Crippen LogP contribution in [0.15, 0.2) is 18.2 Å². The second kappa shape index (κ2) is 7.11. The fourth-order valence-corrected chi connectivity index (χ4v) is 2.30. The summed E-state index contributed by atoms with van der Waals surface area (Å²) < 4.78 is 10.2. The molecule has 1 unspecified atom stereocenters. The normalized spacial score (nSPS) is 13.3. The van der Waals surface area contributed by atoms with Gasteiger partial charge < -0.3 is 14.6 Å². The van der Waals surface area contributed by atoms with E-state index >= 15 is 0 Å². The smallest absolute Gasteiger partial charge is 0.323 e. The molecule has 0 aliphatic rings. The molecular weight excluding hydrogens is 272 g/mol. The first-order valence-corrected chi connectivity index (χ1v) is 6.95. The maximum Gasteiger partial charge on any atom is 0.323 e. The van der Waals surface area contributed by atoms with Crippen LogP contribution in [0, 0.1) is 12.3 Å². The van der Waals surface area contributed by atoms with Crippen LogP contribution >= 0.6 is 0 Å². The van der Waals surface area contributed by atoms with Gasteiger partial charge in [0.2, 0.25) is 0 Å². The van der Waals surface area contributed by atoms with Gasteiger partial charge in [0.1, 0.15) is 5.75 Å². The second-order valence-corrected chi connectivity index (χ2v) is 4.95. The Kier molecular flexibility index (Phi) is 5.76. The molecule has 0 fully saturated rings. The molecule has 116 valence electrons. The molecule has 5 heteroatoms. The minimum atomic E-state index is -1.59. The summed E-state index contributed by atoms with van der Waals surface area (Å²) in [5.41, 5.74) is 0.0803. The van der Waals surface area contributed by atoms with Crippen molar-refractivity contribution in [3.05, 3.63) is 29.3 Å². The van der Waals surface area contributed by atoms with Gasteiger partial charge >= 0.3 is 11.9 Å². The Morgan fingerprint density at radius 2 is 1.95 bits per heavy atom. The average molecular weight is 294 g/mol. The number of carboxylic acids is 1. The molecule has 1 aromatic rings. The molecule has 0 bridgehead atoms. The molecule has 0 aliphatic heterocycles. The zero-order chi connectivity index (χ0) is 16.0. The second-order valence-electron chi connectivity index (χ2n) is 4.95. The minimum Gasteiger partial charge on any atom is -0.496 e. The first kappa shape index (κ1) is 17.0. The predicted octanol–water partition coefficient (Wildman–Crippen LogP) is 2.59. The van der Waals surface area contributed by atoms with Crippen LogP contribution in [-0.2, 0) is 20.7 Å². The van der Waals surface area contributed by atoms with Crippen LogP contribution in [0.3, 0.4) is 0 Å². The Bertz CT molecular complexity index is 523. The molecule has 1 aromatic carbocycles. The van der Waals surface area contributed by atoms with E-state index < -0.39 is 17.4 Å². The van der Waals surface area contributed by atoms with Crippen LogP contribution in [0.25, 0.3) is 0 Å². The molecule has 0 amide bonds. The van der Waals surface area contributed by atoms with Gasteiger partial charge in [0.25, 0.3) is 0 Å². The van der Waals surface area contributed by atoms with Crippen molar-refractivity contribution >= 4 is 11.9 Å². The van der Waals surface area contributed by atoms with E-state index in [1.54, 1.807) is 19.9 Å². The van der Waals surface area contributed by atoms with Crippen LogP contribution in [0.1, 0.15) is 31.4 Å². The summed E-state index contributed by atoms with van der Waals surface area (Å²) >= 11 is 0. The molecule has 1 N–H and O–H groups in total. The van der Waals surface area contributed by atoms with E-state index in [0.29, 0.717) is 11.3 Å². The zero-order valence-corrected chi connectivity index (χ0v) is 12.9. The molecule has 0 aromatic heterocycles. The number of hydrogen-bond acceptors (Lipinski definition) is 4. The number of aryl methyl sites for hydroxylation is 1. The van der Waals surface area contributed by atoms with Crippen molar-refractivity contribution in [1.29, 1.82) is 0 Å². The van der Waals surface area contributed by atoms with Crippen molar-refractivity contribution in [2.24, 2.45) is 5.41 Å². The van der Waals surface area contributed by atoms with Gasteiger partial charge in [-0.05, 0) is 31.9 Å². The van der Waals surface area contributed by atoms with Gasteiger partial charge in [-0.15, -0.1) is 0 Å². The number of rotatable bonds is 7. The third-order valence-electron chi connectivity index (χ3n) is 3.61. The van der Waals surface area contributed by atoms with Gasteiger partial charge in [0, 0.05) is 6.42 Å². The lowest BCUT2D eigenvalue weighted by atomic mass is 9.78. The van der Waals surface area contributed by atoms with E-state index in [-0.39, 0.29) is 19.4 Å². The summed E-state index contributed by atoms with van der Waals surface area (Å²) in [5, 5.41) is 9.57. The van der Waals surface area contributed by atoms with Crippen LogP contribution in [0.4, 0.5) is 0 Å². The average Bonchev–Trinajstić information content (AvgIpc) is 2.44. The number of carboxylic acid groups (broad SMARTS) is 1. The minimum absolute atomic E-state index is 0.0442. The lowest BCUT2D eigenvalue weighted by Crippen LogP contribution is -2.42. The monoisotopic (exact) mass is 294 g/mol. The van der Waals surface area contributed by atoms with Gasteiger partial charge in [0.05, 0.1) is 13.7 Å². The highest BCUT2D eigenvalue weighted by molar-refractivity contribution is 5.99. The van der Waals surface area contributed by atoms with Crippen LogP contribution in [-0.4, -0.2) is 30.8 Å². The Labute approximate surface area is 124 Å². The Hall–Kier alpha value is -2.04. The van der Waals surface area contributed by atoms with Crippen molar-refractivity contribution in [2.45, 2.75) is 33.6 Å². The lowest BCUT2D eigenvalue weighted by Gasteiger charge is -2.26. The van der Waals surface area contributed by atoms with E-state index in [1.807, 2.05) is 19.1 Å². The maximum absolute atomic E-state index is 12.2. The quantitative estimate of drug-likeness (QED) is 0.618. The first-order valence-electron chi connectivity index (χ1n) is 6.95. The number of hydrogen-bond donors (Lipinski definition) is 1. The molecule has 0 radical (unpaired) electrons. The number of carbonyl (C=O) groups is 2. The van der Waals surface area contributed by atoms with Gasteiger partial charge in [-0.2, -0.15) is 0 Å². The van der Waals surface area contributed by atoms with Crippen molar-refractivity contribution in [2.75, 3.05) is 13.7 Å². The van der Waals surface area contributed by atoms with Gasteiger partial charge in [-0.25, -0.2) is 0 Å². The number of methoxy groups -OCH3 is 1. The first-order chi connectivity index (χ1) is 9.91. The summed E-state index contributed by atoms with van der Waals surface area (Å²) in [6, 6.07) is 5.49. The Morgan fingerprint density at radius 1 is 1.29 bits per heavy atom. The van der Waals surface area contributed by atoms with Crippen molar-refractivity contribution in [3.8, 4) is 5.75 Å². The molecular formula is C16H22O5. The van der Waals surface area contributed by atoms with Crippen molar-refractivity contribution in [1.82, 2.24) is 0 Å². The SMILES string of the molecule is CCOC(=O)C(CC)(Cc1cc(C)ccc1OC)C(=O)O. The molecule has 5 nitrogen and oxygen atoms in total. The fraction of sp³-hybridized carbons (Fsp3) is 0.500. The van der Waals surface area contributed by atoms with Crippen LogP contribution < -0.4 is 4.74 Å². The number of carbonyl (C=O) groups excluding carboxylic acids is 1. The topological polar surface area (TPSA) is 72.8 Å². The van der Waals surface area contributed by atoms with Crippen molar-refractivity contribution < 1.29 is 24.2 Å².